The lowest BCUT2D eigenvalue weighted by molar-refractivity contribution is 0.312. The van der Waals surface area contributed by atoms with Crippen molar-refractivity contribution in [1.82, 2.24) is 25.1 Å². The second-order valence-electron chi connectivity index (χ2n) is 7.21. The van der Waals surface area contributed by atoms with Crippen LogP contribution in [0.3, 0.4) is 0 Å². The highest BCUT2D eigenvalue weighted by Gasteiger charge is 2.17. The molecule has 0 spiro atoms. The molecule has 2 N–H and O–H groups in total. The maximum absolute atomic E-state index is 5.97. The van der Waals surface area contributed by atoms with Crippen LogP contribution in [0.25, 0.3) is 12.2 Å². The maximum Gasteiger partial charge on any atom is 0.156 e. The molecule has 1 aromatic carbocycles. The van der Waals surface area contributed by atoms with Gasteiger partial charge in [-0.15, -0.1) is 0 Å². The van der Waals surface area contributed by atoms with Crippen LogP contribution >= 0.6 is 11.6 Å². The number of likely N-dealkylation sites (N-methyl/N-ethyl adjacent to an activating group) is 1. The van der Waals surface area contributed by atoms with Gasteiger partial charge in [0.25, 0.3) is 0 Å². The summed E-state index contributed by atoms with van der Waals surface area (Å²) in [7, 11) is 2.14. The third kappa shape index (κ3) is 5.13. The van der Waals surface area contributed by atoms with Crippen LogP contribution in [0.4, 0.5) is 17.5 Å². The summed E-state index contributed by atoms with van der Waals surface area (Å²) in [5.74, 6) is 3.01. The van der Waals surface area contributed by atoms with Crippen molar-refractivity contribution in [3.05, 3.63) is 58.5 Å². The Morgan fingerprint density at radius 3 is 2.45 bits per heavy atom. The number of aromatic amines is 1. The number of nitrogens with one attached hydrogen (secondary N) is 2. The monoisotopic (exact) mass is 409 g/mol. The predicted octanol–water partition coefficient (Wildman–Crippen LogP) is 3.83. The number of piperazine rings is 1. The molecule has 0 aliphatic carbocycles. The molecule has 0 atom stereocenters. The van der Waals surface area contributed by atoms with Crippen LogP contribution in [-0.2, 0) is 0 Å². The Morgan fingerprint density at radius 2 is 1.76 bits per heavy atom. The molecule has 1 fully saturated rings. The van der Waals surface area contributed by atoms with Crippen molar-refractivity contribution in [3.8, 4) is 0 Å². The Labute approximate surface area is 175 Å². The Kier molecular flexibility index (Phi) is 5.78. The number of anilines is 3. The third-order valence-corrected chi connectivity index (χ3v) is 5.07. The molecule has 150 valence electrons. The number of hydrogen-bond donors (Lipinski definition) is 2. The second kappa shape index (κ2) is 8.63. The van der Waals surface area contributed by atoms with Crippen LogP contribution in [0, 0.1) is 6.92 Å². The van der Waals surface area contributed by atoms with E-state index in [0.717, 1.165) is 59.9 Å². The summed E-state index contributed by atoms with van der Waals surface area (Å²) in [6.45, 7) is 5.88. The van der Waals surface area contributed by atoms with Gasteiger partial charge in [-0.1, -0.05) is 29.8 Å². The highest BCUT2D eigenvalue weighted by molar-refractivity contribution is 6.30. The number of hydrogen-bond acceptors (Lipinski definition) is 6. The summed E-state index contributed by atoms with van der Waals surface area (Å²) < 4.78 is 0. The smallest absolute Gasteiger partial charge is 0.156 e. The fourth-order valence-electron chi connectivity index (χ4n) is 3.15. The normalized spacial score (nSPS) is 15.2. The number of rotatable bonds is 5. The first-order valence-electron chi connectivity index (χ1n) is 9.60. The van der Waals surface area contributed by atoms with Gasteiger partial charge in [-0.3, -0.25) is 5.10 Å². The van der Waals surface area contributed by atoms with Gasteiger partial charge < -0.3 is 15.1 Å². The van der Waals surface area contributed by atoms with Gasteiger partial charge in [0.2, 0.25) is 0 Å². The molecule has 0 unspecified atom stereocenters. The van der Waals surface area contributed by atoms with E-state index in [4.69, 9.17) is 16.6 Å². The molecule has 2 aromatic heterocycles. The van der Waals surface area contributed by atoms with E-state index in [1.807, 2.05) is 55.5 Å². The topological polar surface area (TPSA) is 73.0 Å². The minimum Gasteiger partial charge on any atom is -0.354 e. The Balaban J connectivity index is 1.62. The zero-order valence-corrected chi connectivity index (χ0v) is 17.3. The summed E-state index contributed by atoms with van der Waals surface area (Å²) in [5, 5.41) is 11.2. The number of nitrogens with zero attached hydrogens (tertiary/aromatic N) is 5. The van der Waals surface area contributed by atoms with E-state index in [1.165, 1.54) is 0 Å². The summed E-state index contributed by atoms with van der Waals surface area (Å²) in [5.41, 5.74) is 2.03. The van der Waals surface area contributed by atoms with E-state index in [2.05, 4.69) is 37.3 Å². The summed E-state index contributed by atoms with van der Waals surface area (Å²) in [6, 6.07) is 11.6. The average Bonchev–Trinajstić information content (AvgIpc) is 3.12. The number of H-pyrrole nitrogens is 1. The van der Waals surface area contributed by atoms with Gasteiger partial charge in [0.15, 0.2) is 11.6 Å². The lowest BCUT2D eigenvalue weighted by Gasteiger charge is -2.33. The molecule has 3 heterocycles. The van der Waals surface area contributed by atoms with Gasteiger partial charge in [-0.2, -0.15) is 5.10 Å². The highest BCUT2D eigenvalue weighted by atomic mass is 35.5. The molecular formula is C21H24ClN7. The molecule has 0 saturated carbocycles. The van der Waals surface area contributed by atoms with Gasteiger partial charge in [0.1, 0.15) is 11.6 Å². The van der Waals surface area contributed by atoms with Crippen molar-refractivity contribution in [3.63, 3.8) is 0 Å². The first-order valence-corrected chi connectivity index (χ1v) is 9.98. The van der Waals surface area contributed by atoms with Crippen LogP contribution in [0.1, 0.15) is 17.1 Å². The van der Waals surface area contributed by atoms with Gasteiger partial charge in [-0.25, -0.2) is 9.97 Å². The van der Waals surface area contributed by atoms with Crippen LogP contribution in [0.5, 0.6) is 0 Å². The quantitative estimate of drug-likeness (QED) is 0.667. The Bertz CT molecular complexity index is 989. The zero-order chi connectivity index (χ0) is 20.2. The number of aryl methyl sites for hydroxylation is 1. The van der Waals surface area contributed by atoms with E-state index >= 15 is 0 Å². The predicted molar refractivity (Wildman–Crippen MR) is 119 cm³/mol. The van der Waals surface area contributed by atoms with Crippen LogP contribution < -0.4 is 10.2 Å². The summed E-state index contributed by atoms with van der Waals surface area (Å²) in [6.07, 6.45) is 3.91. The van der Waals surface area contributed by atoms with E-state index < -0.39 is 0 Å². The first kappa shape index (κ1) is 19.4. The standard InChI is InChI=1S/C21H24ClN7/c1-15-13-20(27-26-15)24-19-14-21(29-11-9-28(2)10-12-29)25-18(23-19)8-5-16-3-6-17(22)7-4-16/h3-8,13-14H,9-12H2,1-2H3,(H2,23,24,25,26,27)/b8-5+. The molecule has 4 rings (SSSR count). The Morgan fingerprint density at radius 1 is 1.00 bits per heavy atom. The van der Waals surface area contributed by atoms with Crippen molar-refractivity contribution in [2.75, 3.05) is 43.4 Å². The second-order valence-corrected chi connectivity index (χ2v) is 7.64. The van der Waals surface area contributed by atoms with Gasteiger partial charge in [0, 0.05) is 49.0 Å². The molecule has 1 saturated heterocycles. The van der Waals surface area contributed by atoms with Crippen LogP contribution in [0.2, 0.25) is 5.02 Å². The molecule has 0 radical (unpaired) electrons. The molecule has 1 aliphatic rings. The minimum atomic E-state index is 0.645. The lowest BCUT2D eigenvalue weighted by Crippen LogP contribution is -2.44. The minimum absolute atomic E-state index is 0.645. The van der Waals surface area contributed by atoms with Gasteiger partial charge in [0.05, 0.1) is 0 Å². The lowest BCUT2D eigenvalue weighted by atomic mass is 10.2. The van der Waals surface area contributed by atoms with E-state index in [1.54, 1.807) is 0 Å². The molecule has 29 heavy (non-hydrogen) atoms. The average molecular weight is 410 g/mol. The van der Waals surface area contributed by atoms with E-state index in [-0.39, 0.29) is 0 Å². The van der Waals surface area contributed by atoms with E-state index in [0.29, 0.717) is 5.82 Å². The van der Waals surface area contributed by atoms with Crippen LogP contribution in [-0.4, -0.2) is 58.3 Å². The molecular weight excluding hydrogens is 386 g/mol. The van der Waals surface area contributed by atoms with Gasteiger partial charge in [-0.05, 0) is 37.7 Å². The van der Waals surface area contributed by atoms with E-state index in [9.17, 15) is 0 Å². The van der Waals surface area contributed by atoms with Crippen LogP contribution in [0.15, 0.2) is 36.4 Å². The fourth-order valence-corrected chi connectivity index (χ4v) is 3.27. The number of halogens is 1. The number of benzene rings is 1. The van der Waals surface area contributed by atoms with Crippen molar-refractivity contribution in [1.29, 1.82) is 0 Å². The largest absolute Gasteiger partial charge is 0.354 e. The molecule has 1 aliphatic heterocycles. The Hall–Kier alpha value is -2.90. The summed E-state index contributed by atoms with van der Waals surface area (Å²) >= 11 is 5.97. The van der Waals surface area contributed by atoms with Crippen molar-refractivity contribution in [2.24, 2.45) is 0 Å². The zero-order valence-electron chi connectivity index (χ0n) is 16.6. The van der Waals surface area contributed by atoms with Gasteiger partial charge >= 0.3 is 0 Å². The molecule has 0 amide bonds. The first-order chi connectivity index (χ1) is 14.0. The molecule has 7 nitrogen and oxygen atoms in total. The van der Waals surface area contributed by atoms with Crippen molar-refractivity contribution < 1.29 is 0 Å². The molecule has 0 bridgehead atoms. The molecule has 8 heteroatoms. The highest BCUT2D eigenvalue weighted by Crippen LogP contribution is 2.21. The van der Waals surface area contributed by atoms with Crippen molar-refractivity contribution >= 4 is 41.2 Å². The van der Waals surface area contributed by atoms with Crippen molar-refractivity contribution in [2.45, 2.75) is 6.92 Å². The number of aromatic nitrogens is 4. The summed E-state index contributed by atoms with van der Waals surface area (Å²) in [4.78, 5) is 14.0. The fraction of sp³-hybridized carbons (Fsp3) is 0.286. The SMILES string of the molecule is Cc1cc(Nc2cc(N3CCN(C)CC3)nc(/C=C/c3ccc(Cl)cc3)n2)n[nH]1. The third-order valence-electron chi connectivity index (χ3n) is 4.81. The maximum atomic E-state index is 5.97. The molecule has 3 aromatic rings.